The van der Waals surface area contributed by atoms with E-state index in [1.807, 2.05) is 0 Å². The second-order valence-electron chi connectivity index (χ2n) is 4.91. The van der Waals surface area contributed by atoms with Crippen LogP contribution in [0.5, 0.6) is 0 Å². The van der Waals surface area contributed by atoms with Crippen molar-refractivity contribution in [3.8, 4) is 0 Å². The number of carbonyl (C=O) groups excluding carboxylic acids is 1. The van der Waals surface area contributed by atoms with Gasteiger partial charge >= 0.3 is 12.1 Å². The number of nitrogens with one attached hydrogen (secondary N) is 1. The number of esters is 1. The van der Waals surface area contributed by atoms with Crippen molar-refractivity contribution in [1.29, 1.82) is 0 Å². The number of thioether (sulfide) groups is 1. The number of fused-ring (bicyclic) bond motifs is 1. The molecule has 0 amide bonds. The van der Waals surface area contributed by atoms with Crippen LogP contribution < -0.4 is 0 Å². The molecular formula is C15H11F3N4O2S. The summed E-state index contributed by atoms with van der Waals surface area (Å²) in [6.07, 6.45) is -1.81. The molecule has 0 radical (unpaired) electrons. The molecule has 0 aliphatic rings. The predicted octanol–water partition coefficient (Wildman–Crippen LogP) is 3.38. The molecule has 0 spiro atoms. The molecule has 2 aromatic heterocycles. The quantitative estimate of drug-likeness (QED) is 0.562. The number of methoxy groups -OCH3 is 1. The summed E-state index contributed by atoms with van der Waals surface area (Å²) in [5.41, 5.74) is -0.227. The second-order valence-corrected chi connectivity index (χ2v) is 6.00. The summed E-state index contributed by atoms with van der Waals surface area (Å²) >= 11 is 0.822. The summed E-state index contributed by atoms with van der Waals surface area (Å²) in [7, 11) is 1.12. The molecule has 130 valence electrons. The average molecular weight is 368 g/mol. The topological polar surface area (TPSA) is 80.8 Å². The van der Waals surface area contributed by atoms with Crippen molar-refractivity contribution in [3.05, 3.63) is 47.9 Å². The van der Waals surface area contributed by atoms with Crippen LogP contribution in [0.3, 0.4) is 0 Å². The van der Waals surface area contributed by atoms with Gasteiger partial charge in [-0.3, -0.25) is 4.79 Å². The van der Waals surface area contributed by atoms with Crippen LogP contribution in [-0.4, -0.2) is 33.0 Å². The SMILES string of the molecule is COC(=O)C(Sc1nc2ncncc2[nH]1)c1ccccc1C(F)(F)F. The van der Waals surface area contributed by atoms with Crippen LogP contribution in [0.15, 0.2) is 41.9 Å². The van der Waals surface area contributed by atoms with Crippen LogP contribution in [0.2, 0.25) is 0 Å². The van der Waals surface area contributed by atoms with Gasteiger partial charge in [0, 0.05) is 0 Å². The minimum atomic E-state index is -4.59. The number of aromatic nitrogens is 4. The van der Waals surface area contributed by atoms with Crippen molar-refractivity contribution in [1.82, 2.24) is 19.9 Å². The Labute approximate surface area is 143 Å². The summed E-state index contributed by atoms with van der Waals surface area (Å²) in [6, 6.07) is 4.88. The molecule has 1 atom stereocenters. The highest BCUT2D eigenvalue weighted by Gasteiger charge is 2.37. The highest BCUT2D eigenvalue weighted by atomic mass is 32.2. The normalized spacial score (nSPS) is 13.0. The fraction of sp³-hybridized carbons (Fsp3) is 0.200. The maximum atomic E-state index is 13.3. The van der Waals surface area contributed by atoms with Gasteiger partial charge in [0.1, 0.15) is 17.1 Å². The van der Waals surface area contributed by atoms with Gasteiger partial charge in [-0.05, 0) is 11.6 Å². The lowest BCUT2D eigenvalue weighted by Gasteiger charge is -2.18. The fourth-order valence-electron chi connectivity index (χ4n) is 2.24. The molecule has 0 saturated heterocycles. The van der Waals surface area contributed by atoms with Crippen molar-refractivity contribution < 1.29 is 22.7 Å². The van der Waals surface area contributed by atoms with Gasteiger partial charge in [-0.15, -0.1) is 0 Å². The molecule has 1 unspecified atom stereocenters. The molecule has 0 fully saturated rings. The minimum Gasteiger partial charge on any atom is -0.468 e. The molecule has 0 aliphatic carbocycles. The standard InChI is InChI=1S/C15H11F3N4O2S/c1-24-13(23)11(8-4-2-3-5-9(8)15(16,17)18)25-14-21-10-6-19-7-20-12(10)22-14/h2-7,11H,1H3,(H,19,20,21,22). The number of carbonyl (C=O) groups is 1. The van der Waals surface area contributed by atoms with Gasteiger partial charge in [0.05, 0.1) is 18.9 Å². The Hall–Kier alpha value is -2.62. The van der Waals surface area contributed by atoms with Crippen LogP contribution in [0, 0.1) is 0 Å². The largest absolute Gasteiger partial charge is 0.468 e. The van der Waals surface area contributed by atoms with Crippen molar-refractivity contribution in [2.24, 2.45) is 0 Å². The molecule has 0 bridgehead atoms. The molecule has 3 rings (SSSR count). The van der Waals surface area contributed by atoms with Crippen LogP contribution in [0.1, 0.15) is 16.4 Å². The smallest absolute Gasteiger partial charge is 0.416 e. The lowest BCUT2D eigenvalue weighted by molar-refractivity contribution is -0.141. The highest BCUT2D eigenvalue weighted by Crippen LogP contribution is 2.41. The number of ether oxygens (including phenoxy) is 1. The Morgan fingerprint density at radius 1 is 1.32 bits per heavy atom. The molecule has 0 aliphatic heterocycles. The third-order valence-corrected chi connectivity index (χ3v) is 4.43. The van der Waals surface area contributed by atoms with E-state index in [4.69, 9.17) is 0 Å². The molecule has 3 aromatic rings. The van der Waals surface area contributed by atoms with Crippen LogP contribution in [-0.2, 0) is 15.7 Å². The van der Waals surface area contributed by atoms with Crippen LogP contribution in [0.4, 0.5) is 13.2 Å². The van der Waals surface area contributed by atoms with Gasteiger partial charge in [-0.1, -0.05) is 30.0 Å². The number of benzene rings is 1. The zero-order valence-corrected chi connectivity index (χ0v) is 13.6. The van der Waals surface area contributed by atoms with Gasteiger partial charge in [0.2, 0.25) is 0 Å². The summed E-state index contributed by atoms with van der Waals surface area (Å²) < 4.78 is 44.5. The number of aromatic amines is 1. The Kier molecular flexibility index (Phi) is 4.62. The van der Waals surface area contributed by atoms with E-state index in [0.29, 0.717) is 11.2 Å². The summed E-state index contributed by atoms with van der Waals surface area (Å²) in [6.45, 7) is 0. The first kappa shape index (κ1) is 17.2. The summed E-state index contributed by atoms with van der Waals surface area (Å²) in [4.78, 5) is 26.9. The predicted molar refractivity (Wildman–Crippen MR) is 83.7 cm³/mol. The van der Waals surface area contributed by atoms with Crippen molar-refractivity contribution in [3.63, 3.8) is 0 Å². The van der Waals surface area contributed by atoms with E-state index in [-0.39, 0.29) is 10.7 Å². The van der Waals surface area contributed by atoms with Gasteiger partial charge < -0.3 is 9.72 Å². The Bertz CT molecular complexity index is 880. The van der Waals surface area contributed by atoms with E-state index in [9.17, 15) is 18.0 Å². The van der Waals surface area contributed by atoms with Crippen molar-refractivity contribution in [2.75, 3.05) is 7.11 Å². The molecule has 1 aromatic carbocycles. The number of imidazole rings is 1. The second kappa shape index (κ2) is 6.71. The summed E-state index contributed by atoms with van der Waals surface area (Å²) in [5.74, 6) is -0.812. The monoisotopic (exact) mass is 368 g/mol. The Morgan fingerprint density at radius 2 is 2.08 bits per heavy atom. The van der Waals surface area contributed by atoms with E-state index in [0.717, 1.165) is 24.9 Å². The third-order valence-electron chi connectivity index (χ3n) is 3.33. The van der Waals surface area contributed by atoms with Gasteiger partial charge in [-0.25, -0.2) is 15.0 Å². The fourth-order valence-corrected chi connectivity index (χ4v) is 3.29. The summed E-state index contributed by atoms with van der Waals surface area (Å²) in [5, 5.41) is -1.00. The minimum absolute atomic E-state index is 0.196. The van der Waals surface area contributed by atoms with E-state index in [1.54, 1.807) is 0 Å². The molecular weight excluding hydrogens is 357 g/mol. The lowest BCUT2D eigenvalue weighted by atomic mass is 10.0. The maximum Gasteiger partial charge on any atom is 0.416 e. The van der Waals surface area contributed by atoms with Crippen LogP contribution >= 0.6 is 11.8 Å². The number of alkyl halides is 3. The number of H-pyrrole nitrogens is 1. The number of hydrogen-bond acceptors (Lipinski definition) is 6. The molecule has 6 nitrogen and oxygen atoms in total. The highest BCUT2D eigenvalue weighted by molar-refractivity contribution is 8.00. The van der Waals surface area contributed by atoms with E-state index in [1.165, 1.54) is 30.7 Å². The first-order valence-electron chi connectivity index (χ1n) is 6.96. The third kappa shape index (κ3) is 3.58. The molecule has 10 heteroatoms. The van der Waals surface area contributed by atoms with Crippen LogP contribution in [0.25, 0.3) is 11.2 Å². The number of rotatable bonds is 4. The van der Waals surface area contributed by atoms with E-state index >= 15 is 0 Å². The van der Waals surface area contributed by atoms with Gasteiger partial charge in [0.15, 0.2) is 10.8 Å². The van der Waals surface area contributed by atoms with E-state index in [2.05, 4.69) is 24.7 Å². The molecule has 0 saturated carbocycles. The first-order chi connectivity index (χ1) is 11.9. The maximum absolute atomic E-state index is 13.3. The number of nitrogens with zero attached hydrogens (tertiary/aromatic N) is 3. The molecule has 2 heterocycles. The zero-order valence-electron chi connectivity index (χ0n) is 12.7. The molecule has 25 heavy (non-hydrogen) atoms. The Morgan fingerprint density at radius 3 is 2.76 bits per heavy atom. The van der Waals surface area contributed by atoms with Crippen molar-refractivity contribution >= 4 is 28.9 Å². The zero-order chi connectivity index (χ0) is 18.0. The average Bonchev–Trinajstić information content (AvgIpc) is 3.01. The van der Waals surface area contributed by atoms with Gasteiger partial charge in [-0.2, -0.15) is 13.2 Å². The number of hydrogen-bond donors (Lipinski definition) is 1. The number of halogens is 3. The Balaban J connectivity index is 2.03. The lowest BCUT2D eigenvalue weighted by Crippen LogP contribution is -2.17. The first-order valence-corrected chi connectivity index (χ1v) is 7.84. The van der Waals surface area contributed by atoms with Crippen molar-refractivity contribution in [2.45, 2.75) is 16.6 Å². The van der Waals surface area contributed by atoms with E-state index < -0.39 is 23.0 Å². The van der Waals surface area contributed by atoms with Gasteiger partial charge in [0.25, 0.3) is 0 Å². The molecule has 1 N–H and O–H groups in total.